The fourth-order valence-corrected chi connectivity index (χ4v) is 2.25. The summed E-state index contributed by atoms with van der Waals surface area (Å²) in [6, 6.07) is 4.40. The van der Waals surface area contributed by atoms with Gasteiger partial charge >= 0.3 is 11.7 Å². The molecular weight excluding hydrogens is 274 g/mol. The lowest BCUT2D eigenvalue weighted by Crippen LogP contribution is -2.39. The average molecular weight is 291 g/mol. The van der Waals surface area contributed by atoms with Crippen molar-refractivity contribution in [2.75, 3.05) is 7.05 Å². The molecule has 3 N–H and O–H groups in total. The standard InChI is InChI=1S/C14H17N3O4/c1-14(2,12(20)15-3)7-17-10-6-8(11(18)19)4-5-9(10)16-13(17)21/h4-6H,7H2,1-3H3,(H,15,20)(H,16,21)(H,18,19). The second-order valence-electron chi connectivity index (χ2n) is 5.52. The summed E-state index contributed by atoms with van der Waals surface area (Å²) in [6.45, 7) is 3.59. The van der Waals surface area contributed by atoms with Crippen LogP contribution in [0.2, 0.25) is 0 Å². The number of benzene rings is 1. The maximum Gasteiger partial charge on any atom is 0.335 e. The highest BCUT2D eigenvalue weighted by molar-refractivity contribution is 5.92. The molecule has 7 nitrogen and oxygen atoms in total. The maximum atomic E-state index is 12.0. The Labute approximate surface area is 120 Å². The molecule has 0 unspecified atom stereocenters. The Morgan fingerprint density at radius 1 is 1.38 bits per heavy atom. The van der Waals surface area contributed by atoms with Crippen molar-refractivity contribution in [1.29, 1.82) is 0 Å². The Morgan fingerprint density at radius 2 is 2.05 bits per heavy atom. The summed E-state index contributed by atoms with van der Waals surface area (Å²) in [7, 11) is 1.53. The van der Waals surface area contributed by atoms with E-state index >= 15 is 0 Å². The van der Waals surface area contributed by atoms with Gasteiger partial charge in [-0.1, -0.05) is 0 Å². The number of rotatable bonds is 4. The fourth-order valence-electron chi connectivity index (χ4n) is 2.25. The van der Waals surface area contributed by atoms with Crippen LogP contribution in [0, 0.1) is 5.41 Å². The Morgan fingerprint density at radius 3 is 2.62 bits per heavy atom. The number of aromatic amines is 1. The van der Waals surface area contributed by atoms with Gasteiger partial charge in [-0.3, -0.25) is 9.36 Å². The van der Waals surface area contributed by atoms with Crippen LogP contribution in [-0.4, -0.2) is 33.6 Å². The number of carboxylic acid groups (broad SMARTS) is 1. The third-order valence-electron chi connectivity index (χ3n) is 3.42. The van der Waals surface area contributed by atoms with Gasteiger partial charge in [0.25, 0.3) is 0 Å². The third kappa shape index (κ3) is 2.67. The van der Waals surface area contributed by atoms with Crippen molar-refractivity contribution in [1.82, 2.24) is 14.9 Å². The monoisotopic (exact) mass is 291 g/mol. The van der Waals surface area contributed by atoms with Gasteiger partial charge in [-0.05, 0) is 32.0 Å². The first kappa shape index (κ1) is 14.8. The van der Waals surface area contributed by atoms with Crippen LogP contribution < -0.4 is 11.0 Å². The Bertz CT molecular complexity index is 770. The van der Waals surface area contributed by atoms with Crippen LogP contribution in [0.25, 0.3) is 11.0 Å². The van der Waals surface area contributed by atoms with Gasteiger partial charge in [0.05, 0.1) is 22.0 Å². The van der Waals surface area contributed by atoms with Crippen LogP contribution in [0.3, 0.4) is 0 Å². The number of aromatic carboxylic acids is 1. The van der Waals surface area contributed by atoms with Crippen molar-refractivity contribution >= 4 is 22.9 Å². The van der Waals surface area contributed by atoms with Crippen LogP contribution in [0.15, 0.2) is 23.0 Å². The lowest BCUT2D eigenvalue weighted by molar-refractivity contribution is -0.129. The van der Waals surface area contributed by atoms with Gasteiger partial charge in [0.2, 0.25) is 5.91 Å². The highest BCUT2D eigenvalue weighted by atomic mass is 16.4. The minimum atomic E-state index is -1.07. The van der Waals surface area contributed by atoms with Crippen LogP contribution in [-0.2, 0) is 11.3 Å². The average Bonchev–Trinajstić information content (AvgIpc) is 2.73. The van der Waals surface area contributed by atoms with E-state index < -0.39 is 11.4 Å². The van der Waals surface area contributed by atoms with Crippen molar-refractivity contribution in [2.24, 2.45) is 5.41 Å². The Balaban J connectivity index is 2.55. The van der Waals surface area contributed by atoms with Gasteiger partial charge in [-0.25, -0.2) is 9.59 Å². The van der Waals surface area contributed by atoms with E-state index in [0.29, 0.717) is 11.0 Å². The molecule has 0 radical (unpaired) electrons. The highest BCUT2D eigenvalue weighted by Crippen LogP contribution is 2.21. The van der Waals surface area contributed by atoms with Crippen LogP contribution in [0.1, 0.15) is 24.2 Å². The van der Waals surface area contributed by atoms with E-state index in [1.54, 1.807) is 19.9 Å². The Kier molecular flexibility index (Phi) is 3.59. The van der Waals surface area contributed by atoms with Gasteiger partial charge in [0.1, 0.15) is 0 Å². The lowest BCUT2D eigenvalue weighted by Gasteiger charge is -2.22. The van der Waals surface area contributed by atoms with Gasteiger partial charge in [0, 0.05) is 13.6 Å². The number of imidazole rings is 1. The fraction of sp³-hybridized carbons (Fsp3) is 0.357. The molecule has 0 aliphatic heterocycles. The second-order valence-corrected chi connectivity index (χ2v) is 5.52. The zero-order valence-corrected chi connectivity index (χ0v) is 12.1. The number of nitrogens with zero attached hydrogens (tertiary/aromatic N) is 1. The van der Waals surface area contributed by atoms with Gasteiger partial charge < -0.3 is 15.4 Å². The van der Waals surface area contributed by atoms with E-state index in [1.807, 2.05) is 0 Å². The van der Waals surface area contributed by atoms with Gasteiger partial charge in [0.15, 0.2) is 0 Å². The zero-order valence-electron chi connectivity index (χ0n) is 12.1. The number of hydrogen-bond donors (Lipinski definition) is 3. The van der Waals surface area contributed by atoms with E-state index in [0.717, 1.165) is 0 Å². The molecule has 2 aromatic rings. The number of carboxylic acids is 1. The number of nitrogens with one attached hydrogen (secondary N) is 2. The normalized spacial score (nSPS) is 11.6. The van der Waals surface area contributed by atoms with Crippen LogP contribution >= 0.6 is 0 Å². The number of hydrogen-bond acceptors (Lipinski definition) is 3. The number of H-pyrrole nitrogens is 1. The molecule has 0 fully saturated rings. The van der Waals surface area contributed by atoms with E-state index in [9.17, 15) is 14.4 Å². The van der Waals surface area contributed by atoms with Crippen LogP contribution in [0.5, 0.6) is 0 Å². The summed E-state index contributed by atoms with van der Waals surface area (Å²) >= 11 is 0. The zero-order chi connectivity index (χ0) is 15.8. The van der Waals surface area contributed by atoms with Crippen molar-refractivity contribution in [3.63, 3.8) is 0 Å². The minimum absolute atomic E-state index is 0.0907. The molecule has 1 heterocycles. The number of amides is 1. The molecule has 0 saturated carbocycles. The molecule has 0 aliphatic rings. The van der Waals surface area contributed by atoms with E-state index in [1.165, 1.54) is 23.7 Å². The molecule has 7 heteroatoms. The molecule has 0 aliphatic carbocycles. The number of aromatic nitrogens is 2. The van der Waals surface area contributed by atoms with Crippen molar-refractivity contribution in [3.05, 3.63) is 34.2 Å². The maximum absolute atomic E-state index is 12.0. The second kappa shape index (κ2) is 5.08. The molecule has 2 rings (SSSR count). The Hall–Kier alpha value is -2.57. The van der Waals surface area contributed by atoms with Crippen molar-refractivity contribution in [3.8, 4) is 0 Å². The highest BCUT2D eigenvalue weighted by Gasteiger charge is 2.28. The van der Waals surface area contributed by atoms with Crippen LogP contribution in [0.4, 0.5) is 0 Å². The first-order valence-electron chi connectivity index (χ1n) is 6.44. The molecule has 21 heavy (non-hydrogen) atoms. The van der Waals surface area contributed by atoms with Gasteiger partial charge in [-0.2, -0.15) is 0 Å². The predicted octanol–water partition coefficient (Wildman–Crippen LogP) is 0.800. The topological polar surface area (TPSA) is 104 Å². The first-order valence-corrected chi connectivity index (χ1v) is 6.44. The van der Waals surface area contributed by atoms with E-state index in [4.69, 9.17) is 5.11 Å². The summed E-state index contributed by atoms with van der Waals surface area (Å²) in [4.78, 5) is 37.6. The summed E-state index contributed by atoms with van der Waals surface area (Å²) in [5, 5.41) is 11.6. The van der Waals surface area contributed by atoms with Crippen molar-refractivity contribution in [2.45, 2.75) is 20.4 Å². The minimum Gasteiger partial charge on any atom is -0.478 e. The lowest BCUT2D eigenvalue weighted by atomic mass is 9.92. The van der Waals surface area contributed by atoms with Gasteiger partial charge in [-0.15, -0.1) is 0 Å². The first-order chi connectivity index (χ1) is 9.76. The molecule has 1 amide bonds. The van der Waals surface area contributed by atoms with E-state index in [2.05, 4.69) is 10.3 Å². The number of carbonyl (C=O) groups is 2. The summed E-state index contributed by atoms with van der Waals surface area (Å²) in [5.74, 6) is -1.26. The molecule has 1 aromatic heterocycles. The third-order valence-corrected chi connectivity index (χ3v) is 3.42. The number of carbonyl (C=O) groups excluding carboxylic acids is 1. The molecule has 112 valence electrons. The quantitative estimate of drug-likeness (QED) is 0.775. The molecule has 0 saturated heterocycles. The molecule has 0 bridgehead atoms. The largest absolute Gasteiger partial charge is 0.478 e. The molecule has 0 atom stereocenters. The number of fused-ring (bicyclic) bond motifs is 1. The predicted molar refractivity (Wildman–Crippen MR) is 77.4 cm³/mol. The molecule has 1 aromatic carbocycles. The summed E-state index contributed by atoms with van der Waals surface area (Å²) < 4.78 is 1.39. The summed E-state index contributed by atoms with van der Waals surface area (Å²) in [6.07, 6.45) is 0. The SMILES string of the molecule is CNC(=O)C(C)(C)Cn1c(=O)[nH]c2ccc(C(=O)O)cc21. The molecule has 0 spiro atoms. The van der Waals surface area contributed by atoms with Crippen molar-refractivity contribution < 1.29 is 14.7 Å². The molecular formula is C14H17N3O4. The smallest absolute Gasteiger partial charge is 0.335 e. The summed E-state index contributed by atoms with van der Waals surface area (Å²) in [5.41, 5.74) is -0.0699. The van der Waals surface area contributed by atoms with E-state index in [-0.39, 0.29) is 23.7 Å².